The number of halogens is 1. The SMILES string of the molecule is CC#CCNc1ncc(Br)cc1N. The first kappa shape index (κ1) is 9.87. The minimum atomic E-state index is 0.565. The summed E-state index contributed by atoms with van der Waals surface area (Å²) in [5.41, 5.74) is 6.32. The Balaban J connectivity index is 2.70. The van der Waals surface area contributed by atoms with Gasteiger partial charge in [-0.1, -0.05) is 5.92 Å². The van der Waals surface area contributed by atoms with E-state index >= 15 is 0 Å². The van der Waals surface area contributed by atoms with E-state index in [1.165, 1.54) is 0 Å². The van der Waals surface area contributed by atoms with Crippen LogP contribution in [0.4, 0.5) is 11.5 Å². The standard InChI is InChI=1S/C9H10BrN3/c1-2-3-4-12-9-8(11)5-7(10)6-13-9/h5-6H,4,11H2,1H3,(H,12,13). The Kier molecular flexibility index (Phi) is 3.59. The number of aromatic nitrogens is 1. The highest BCUT2D eigenvalue weighted by molar-refractivity contribution is 9.10. The average Bonchev–Trinajstić information content (AvgIpc) is 2.09. The van der Waals surface area contributed by atoms with Crippen molar-refractivity contribution in [1.82, 2.24) is 4.98 Å². The summed E-state index contributed by atoms with van der Waals surface area (Å²) >= 11 is 3.28. The summed E-state index contributed by atoms with van der Waals surface area (Å²) in [6.07, 6.45) is 1.69. The second-order valence-electron chi connectivity index (χ2n) is 2.37. The molecule has 1 heterocycles. The van der Waals surface area contributed by atoms with Crippen LogP contribution >= 0.6 is 15.9 Å². The molecule has 3 nitrogen and oxygen atoms in total. The van der Waals surface area contributed by atoms with Crippen molar-refractivity contribution in [1.29, 1.82) is 0 Å². The van der Waals surface area contributed by atoms with Gasteiger partial charge in [-0.05, 0) is 28.9 Å². The van der Waals surface area contributed by atoms with E-state index in [1.54, 1.807) is 19.2 Å². The van der Waals surface area contributed by atoms with Crippen molar-refractivity contribution in [3.05, 3.63) is 16.7 Å². The fourth-order valence-electron chi connectivity index (χ4n) is 0.819. The van der Waals surface area contributed by atoms with Crippen LogP contribution in [0.25, 0.3) is 0 Å². The molecule has 0 saturated carbocycles. The van der Waals surface area contributed by atoms with Crippen LogP contribution in [0.2, 0.25) is 0 Å². The quantitative estimate of drug-likeness (QED) is 0.776. The summed E-state index contributed by atoms with van der Waals surface area (Å²) in [7, 11) is 0. The number of anilines is 2. The molecule has 0 saturated heterocycles. The van der Waals surface area contributed by atoms with Gasteiger partial charge in [0.1, 0.15) is 5.82 Å². The van der Waals surface area contributed by atoms with E-state index < -0.39 is 0 Å². The Labute approximate surface area is 85.9 Å². The van der Waals surface area contributed by atoms with E-state index in [-0.39, 0.29) is 0 Å². The summed E-state index contributed by atoms with van der Waals surface area (Å²) in [6, 6.07) is 1.80. The molecule has 1 aromatic rings. The molecule has 0 aliphatic carbocycles. The van der Waals surface area contributed by atoms with Crippen molar-refractivity contribution in [3.63, 3.8) is 0 Å². The van der Waals surface area contributed by atoms with Gasteiger partial charge in [0.05, 0.1) is 12.2 Å². The topological polar surface area (TPSA) is 50.9 Å². The van der Waals surface area contributed by atoms with Gasteiger partial charge in [0, 0.05) is 10.7 Å². The van der Waals surface area contributed by atoms with Crippen molar-refractivity contribution in [2.45, 2.75) is 6.92 Å². The first-order valence-electron chi connectivity index (χ1n) is 3.78. The summed E-state index contributed by atoms with van der Waals surface area (Å²) in [6.45, 7) is 2.36. The Hall–Kier alpha value is -1.21. The predicted molar refractivity (Wildman–Crippen MR) is 58.3 cm³/mol. The van der Waals surface area contributed by atoms with E-state index in [9.17, 15) is 0 Å². The molecule has 0 fully saturated rings. The van der Waals surface area contributed by atoms with Gasteiger partial charge in [-0.15, -0.1) is 5.92 Å². The molecule has 0 aliphatic heterocycles. The van der Waals surface area contributed by atoms with E-state index in [1.807, 2.05) is 0 Å². The highest BCUT2D eigenvalue weighted by Gasteiger charge is 1.98. The number of nitrogens with two attached hydrogens (primary N) is 1. The first-order valence-corrected chi connectivity index (χ1v) is 4.58. The maximum Gasteiger partial charge on any atom is 0.149 e. The maximum absolute atomic E-state index is 5.70. The normalized spacial score (nSPS) is 8.77. The van der Waals surface area contributed by atoms with Crippen molar-refractivity contribution >= 4 is 27.4 Å². The fourth-order valence-corrected chi connectivity index (χ4v) is 1.17. The zero-order chi connectivity index (χ0) is 9.68. The smallest absolute Gasteiger partial charge is 0.149 e. The first-order chi connectivity index (χ1) is 6.24. The molecule has 0 bridgehead atoms. The van der Waals surface area contributed by atoms with Gasteiger partial charge in [-0.3, -0.25) is 0 Å². The number of pyridine rings is 1. The number of hydrogen-bond acceptors (Lipinski definition) is 3. The Bertz CT molecular complexity index is 352. The van der Waals surface area contributed by atoms with Crippen molar-refractivity contribution < 1.29 is 0 Å². The van der Waals surface area contributed by atoms with Crippen LogP contribution in [0.3, 0.4) is 0 Å². The van der Waals surface area contributed by atoms with E-state index in [2.05, 4.69) is 38.1 Å². The highest BCUT2D eigenvalue weighted by atomic mass is 79.9. The van der Waals surface area contributed by atoms with Crippen LogP contribution in [-0.4, -0.2) is 11.5 Å². The largest absolute Gasteiger partial charge is 0.396 e. The van der Waals surface area contributed by atoms with Gasteiger partial charge in [0.25, 0.3) is 0 Å². The van der Waals surface area contributed by atoms with Crippen molar-refractivity contribution in [3.8, 4) is 11.8 Å². The molecule has 3 N–H and O–H groups in total. The number of hydrogen-bond donors (Lipinski definition) is 2. The second kappa shape index (κ2) is 4.73. The lowest BCUT2D eigenvalue weighted by Crippen LogP contribution is -2.04. The molecule has 1 aromatic heterocycles. The van der Waals surface area contributed by atoms with Crippen LogP contribution in [0.5, 0.6) is 0 Å². The number of nitrogen functional groups attached to an aromatic ring is 1. The van der Waals surface area contributed by atoms with Gasteiger partial charge >= 0.3 is 0 Å². The minimum Gasteiger partial charge on any atom is -0.396 e. The number of nitrogens with one attached hydrogen (secondary N) is 1. The van der Waals surface area contributed by atoms with Gasteiger partial charge in [-0.2, -0.15) is 0 Å². The lowest BCUT2D eigenvalue weighted by atomic mass is 10.4. The monoisotopic (exact) mass is 239 g/mol. The minimum absolute atomic E-state index is 0.565. The van der Waals surface area contributed by atoms with Crippen LogP contribution in [0, 0.1) is 11.8 Å². The second-order valence-corrected chi connectivity index (χ2v) is 3.29. The van der Waals surface area contributed by atoms with Gasteiger partial charge < -0.3 is 11.1 Å². The zero-order valence-electron chi connectivity index (χ0n) is 7.26. The summed E-state index contributed by atoms with van der Waals surface area (Å²) < 4.78 is 0.872. The third kappa shape index (κ3) is 2.96. The third-order valence-corrected chi connectivity index (χ3v) is 1.84. The number of nitrogens with zero attached hydrogens (tertiary/aromatic N) is 1. The molecule has 0 spiro atoms. The summed E-state index contributed by atoms with van der Waals surface area (Å²) in [5.74, 6) is 6.32. The molecule has 0 aromatic carbocycles. The molecule has 0 amide bonds. The molecule has 0 radical (unpaired) electrons. The zero-order valence-corrected chi connectivity index (χ0v) is 8.85. The lowest BCUT2D eigenvalue weighted by molar-refractivity contribution is 1.24. The van der Waals surface area contributed by atoms with Crippen molar-refractivity contribution in [2.24, 2.45) is 0 Å². The van der Waals surface area contributed by atoms with Gasteiger partial charge in [0.2, 0.25) is 0 Å². The molecule has 13 heavy (non-hydrogen) atoms. The molecule has 0 atom stereocenters. The highest BCUT2D eigenvalue weighted by Crippen LogP contribution is 2.19. The van der Waals surface area contributed by atoms with E-state index in [0.717, 1.165) is 4.47 Å². The van der Waals surface area contributed by atoms with E-state index in [4.69, 9.17) is 5.73 Å². The van der Waals surface area contributed by atoms with Gasteiger partial charge in [0.15, 0.2) is 0 Å². The van der Waals surface area contributed by atoms with Crippen LogP contribution in [0.15, 0.2) is 16.7 Å². The van der Waals surface area contributed by atoms with Crippen LogP contribution in [-0.2, 0) is 0 Å². The molecule has 4 heteroatoms. The molecule has 0 aliphatic rings. The Morgan fingerprint density at radius 1 is 1.69 bits per heavy atom. The maximum atomic E-state index is 5.70. The number of rotatable bonds is 2. The Morgan fingerprint density at radius 2 is 2.46 bits per heavy atom. The molecule has 1 rings (SSSR count). The third-order valence-electron chi connectivity index (χ3n) is 1.40. The summed E-state index contributed by atoms with van der Waals surface area (Å²) in [5, 5.41) is 3.01. The average molecular weight is 240 g/mol. The van der Waals surface area contributed by atoms with Gasteiger partial charge in [-0.25, -0.2) is 4.98 Å². The predicted octanol–water partition coefficient (Wildman–Crippen LogP) is 1.86. The summed E-state index contributed by atoms with van der Waals surface area (Å²) in [4.78, 5) is 4.10. The fraction of sp³-hybridized carbons (Fsp3) is 0.222. The van der Waals surface area contributed by atoms with Crippen LogP contribution < -0.4 is 11.1 Å². The molecule has 68 valence electrons. The molecule has 0 unspecified atom stereocenters. The van der Waals surface area contributed by atoms with Crippen LogP contribution in [0.1, 0.15) is 6.92 Å². The lowest BCUT2D eigenvalue weighted by Gasteiger charge is -2.04. The van der Waals surface area contributed by atoms with Crippen molar-refractivity contribution in [2.75, 3.05) is 17.6 Å². The molecular weight excluding hydrogens is 230 g/mol. The van der Waals surface area contributed by atoms with E-state index in [0.29, 0.717) is 18.1 Å². The molecular formula is C9H10BrN3. The Morgan fingerprint density at radius 3 is 3.08 bits per heavy atom.